The van der Waals surface area contributed by atoms with Crippen LogP contribution in [-0.2, 0) is 31.1 Å². The second-order valence-electron chi connectivity index (χ2n) is 21.3. The van der Waals surface area contributed by atoms with E-state index in [1.807, 2.05) is 0 Å². The molecule has 3 nitrogen and oxygen atoms in total. The van der Waals surface area contributed by atoms with E-state index in [4.69, 9.17) is 0 Å². The number of fused-ring (bicyclic) bond motifs is 8. The third-order valence-corrected chi connectivity index (χ3v) is 17.5. The van der Waals surface area contributed by atoms with Crippen LogP contribution in [0.25, 0.3) is 49.2 Å². The van der Waals surface area contributed by atoms with Crippen LogP contribution in [0, 0.1) is 46.3 Å². The molecule has 2 aromatic heterocycles. The second kappa shape index (κ2) is 9.96. The Morgan fingerprint density at radius 2 is 0.927 bits per heavy atom. The first kappa shape index (κ1) is 30.8. The summed E-state index contributed by atoms with van der Waals surface area (Å²) in [5, 5.41) is 28.2. The molecule has 0 amide bonds. The van der Waals surface area contributed by atoms with Crippen molar-refractivity contribution in [2.24, 2.45) is 23.7 Å². The highest BCUT2D eigenvalue weighted by Gasteiger charge is 2.48. The molecule has 0 aliphatic heterocycles. The van der Waals surface area contributed by atoms with Crippen LogP contribution in [0.5, 0.6) is 0 Å². The Morgan fingerprint density at radius 1 is 0.509 bits per heavy atom. The van der Waals surface area contributed by atoms with Gasteiger partial charge in [-0.2, -0.15) is 10.5 Å². The Morgan fingerprint density at radius 3 is 1.33 bits per heavy atom. The van der Waals surface area contributed by atoms with Crippen LogP contribution < -0.4 is 0 Å². The summed E-state index contributed by atoms with van der Waals surface area (Å²) in [6, 6.07) is 15.5. The van der Waals surface area contributed by atoms with E-state index >= 15 is 0 Å². The Hall–Kier alpha value is -4.34. The number of benzene rings is 4. The van der Waals surface area contributed by atoms with Gasteiger partial charge >= 0.3 is 0 Å². The minimum absolute atomic E-state index is 0.125. The van der Waals surface area contributed by atoms with Crippen LogP contribution in [0.4, 0.5) is 0 Å². The van der Waals surface area contributed by atoms with Gasteiger partial charge in [-0.3, -0.25) is 0 Å². The van der Waals surface area contributed by atoms with Gasteiger partial charge < -0.3 is 4.40 Å². The number of hydrogen-bond donors (Lipinski definition) is 0. The van der Waals surface area contributed by atoms with E-state index in [0.717, 1.165) is 60.5 Å². The zero-order valence-corrected chi connectivity index (χ0v) is 32.7. The molecule has 10 aliphatic rings. The predicted octanol–water partition coefficient (Wildman–Crippen LogP) is 12.5. The lowest BCUT2D eigenvalue weighted by atomic mass is 9.66. The summed E-state index contributed by atoms with van der Waals surface area (Å²) in [5.74, 6) is 5.30. The van der Waals surface area contributed by atoms with Crippen molar-refractivity contribution in [1.82, 2.24) is 4.40 Å². The highest BCUT2D eigenvalue weighted by Crippen LogP contribution is 2.63. The molecular weight excluding hydrogens is 667 g/mol. The molecule has 4 saturated carbocycles. The minimum Gasteiger partial charge on any atom is -0.308 e. The Bertz CT molecular complexity index is 2690. The fraction of sp³-hybridized carbons (Fsp3) is 0.500. The predicted molar refractivity (Wildman–Crippen MR) is 221 cm³/mol. The highest BCUT2D eigenvalue weighted by molar-refractivity contribution is 6.29. The third-order valence-electron chi connectivity index (χ3n) is 17.5. The van der Waals surface area contributed by atoms with Gasteiger partial charge in [0.2, 0.25) is 0 Å². The van der Waals surface area contributed by atoms with Crippen molar-refractivity contribution < 1.29 is 0 Å². The summed E-state index contributed by atoms with van der Waals surface area (Å²) in [6.07, 6.45) is 17.4. The molecule has 4 unspecified atom stereocenters. The largest absolute Gasteiger partial charge is 0.308 e. The van der Waals surface area contributed by atoms with Gasteiger partial charge in [-0.15, -0.1) is 0 Å². The Labute approximate surface area is 324 Å². The second-order valence-corrected chi connectivity index (χ2v) is 21.3. The molecule has 0 N–H and O–H groups in total. The molecule has 4 atom stereocenters. The van der Waals surface area contributed by atoms with Gasteiger partial charge in [0.05, 0.1) is 39.8 Å². The first-order valence-corrected chi connectivity index (χ1v) is 22.2. The maximum absolute atomic E-state index is 11.1. The minimum atomic E-state index is 0.125. The molecule has 4 aromatic carbocycles. The summed E-state index contributed by atoms with van der Waals surface area (Å²) in [6.45, 7) is 7.14. The summed E-state index contributed by atoms with van der Waals surface area (Å²) < 4.78 is 2.66. The number of aromatic nitrogens is 1. The van der Waals surface area contributed by atoms with Crippen LogP contribution in [0.15, 0.2) is 24.3 Å². The molecule has 16 rings (SSSR count). The van der Waals surface area contributed by atoms with Gasteiger partial charge in [-0.25, -0.2) is 0 Å². The number of hydrogen-bond acceptors (Lipinski definition) is 2. The average Bonchev–Trinajstić information content (AvgIpc) is 3.54. The Kier molecular flexibility index (Phi) is 5.58. The maximum atomic E-state index is 11.1. The van der Waals surface area contributed by atoms with E-state index in [0.29, 0.717) is 23.7 Å². The molecule has 2 heterocycles. The van der Waals surface area contributed by atoms with Gasteiger partial charge in [-0.05, 0) is 216 Å². The van der Waals surface area contributed by atoms with Crippen LogP contribution in [0.1, 0.15) is 170 Å². The molecule has 4 fully saturated rings. The van der Waals surface area contributed by atoms with E-state index in [-0.39, 0.29) is 5.41 Å². The van der Waals surface area contributed by atoms with Crippen molar-refractivity contribution in [2.75, 3.05) is 0 Å². The third kappa shape index (κ3) is 3.66. The number of nitrogens with zero attached hydrogens (tertiary/aromatic N) is 3. The van der Waals surface area contributed by atoms with Crippen molar-refractivity contribution in [2.45, 2.75) is 140 Å². The van der Waals surface area contributed by atoms with E-state index < -0.39 is 0 Å². The van der Waals surface area contributed by atoms with Crippen molar-refractivity contribution in [1.29, 1.82) is 10.5 Å². The molecule has 8 bridgehead atoms. The van der Waals surface area contributed by atoms with E-state index in [9.17, 15) is 10.5 Å². The zero-order chi connectivity index (χ0) is 36.4. The molecule has 10 aliphatic carbocycles. The monoisotopic (exact) mass is 715 g/mol. The summed E-state index contributed by atoms with van der Waals surface area (Å²) in [4.78, 5) is 0. The fourth-order valence-corrected chi connectivity index (χ4v) is 16.1. The lowest BCUT2D eigenvalue weighted by Gasteiger charge is -2.38. The van der Waals surface area contributed by atoms with Gasteiger partial charge in [0.25, 0.3) is 0 Å². The smallest absolute Gasteiger partial charge is 0.0995 e. The molecule has 0 saturated heterocycles. The molecule has 0 spiro atoms. The van der Waals surface area contributed by atoms with Crippen LogP contribution in [-0.4, -0.2) is 4.40 Å². The number of aryl methyl sites for hydroxylation is 4. The number of rotatable bonds is 0. The SMILES string of the molecule is CC(C)(C)c1cc2c3c(c1)CCc1c-3c(c3c4c5c(c(C#N)cc4n4c6cc(C#N)c7c(c6c1c34)C1CC3CC(CC7C3)C1)C1CC3CC(C1)CC5C3)CC2. The standard InChI is InChI=1S/C52H49N3/c1-52(2,3)36-18-28-4-6-37-46-38(7-5-29(19-36)41(28)46)48-50-40(21-35(23-54)43-31-12-26-9-27(13-31)17-33(16-26)45(43)50)55-39-20-34(22-53)42-30-10-24-8-25(11-30)15-32(14-24)44(42)49(39)47(37)51(48)55/h18-21,24-27,30-33H,4-17H2,1-3H3. The maximum Gasteiger partial charge on any atom is 0.0995 e. The van der Waals surface area contributed by atoms with E-state index in [1.165, 1.54) is 119 Å². The summed E-state index contributed by atoms with van der Waals surface area (Å²) in [5.41, 5.74) is 23.0. The normalized spacial score (nSPS) is 30.5. The van der Waals surface area contributed by atoms with Crippen molar-refractivity contribution in [3.8, 4) is 23.3 Å². The molecule has 0 radical (unpaired) electrons. The topological polar surface area (TPSA) is 52.0 Å². The van der Waals surface area contributed by atoms with Crippen LogP contribution in [0.2, 0.25) is 0 Å². The molecule has 6 aromatic rings. The lowest BCUT2D eigenvalue weighted by molar-refractivity contribution is 0.166. The van der Waals surface area contributed by atoms with Gasteiger partial charge in [0.1, 0.15) is 0 Å². The number of nitriles is 2. The molecule has 55 heavy (non-hydrogen) atoms. The first-order valence-electron chi connectivity index (χ1n) is 22.2. The molecule has 272 valence electrons. The van der Waals surface area contributed by atoms with Crippen LogP contribution >= 0.6 is 0 Å². The van der Waals surface area contributed by atoms with E-state index in [2.05, 4.69) is 61.6 Å². The fourth-order valence-electron chi connectivity index (χ4n) is 16.1. The van der Waals surface area contributed by atoms with Gasteiger partial charge in [0, 0.05) is 21.5 Å². The zero-order valence-electron chi connectivity index (χ0n) is 32.7. The van der Waals surface area contributed by atoms with Crippen molar-refractivity contribution in [3.05, 3.63) is 85.5 Å². The Balaban J connectivity index is 1.22. The average molecular weight is 716 g/mol. The van der Waals surface area contributed by atoms with Gasteiger partial charge in [-0.1, -0.05) is 32.9 Å². The first-order chi connectivity index (χ1) is 26.7. The lowest BCUT2D eigenvalue weighted by Crippen LogP contribution is -2.25. The quantitative estimate of drug-likeness (QED) is 0.157. The molecular formula is C52H49N3. The summed E-state index contributed by atoms with van der Waals surface area (Å²) in [7, 11) is 0. The summed E-state index contributed by atoms with van der Waals surface area (Å²) >= 11 is 0. The van der Waals surface area contributed by atoms with Crippen LogP contribution in [0.3, 0.4) is 0 Å². The van der Waals surface area contributed by atoms with Crippen molar-refractivity contribution in [3.63, 3.8) is 0 Å². The van der Waals surface area contributed by atoms with Crippen molar-refractivity contribution >= 4 is 38.1 Å². The molecule has 3 heteroatoms. The highest BCUT2D eigenvalue weighted by atomic mass is 14.9. The van der Waals surface area contributed by atoms with E-state index in [1.54, 1.807) is 44.5 Å². The van der Waals surface area contributed by atoms with Gasteiger partial charge in [0.15, 0.2) is 0 Å².